The molecular formula is C30H32F3N7O4. The van der Waals surface area contributed by atoms with E-state index >= 15 is 0 Å². The van der Waals surface area contributed by atoms with E-state index in [1.54, 1.807) is 39.2 Å². The van der Waals surface area contributed by atoms with E-state index in [0.29, 0.717) is 42.6 Å². The van der Waals surface area contributed by atoms with Gasteiger partial charge in [-0.25, -0.2) is 19.3 Å². The van der Waals surface area contributed by atoms with Crippen molar-refractivity contribution in [1.29, 1.82) is 5.26 Å². The lowest BCUT2D eigenvalue weighted by Crippen LogP contribution is -2.38. The Morgan fingerprint density at radius 2 is 1.89 bits per heavy atom. The number of ether oxygens (including phenoxy) is 1. The van der Waals surface area contributed by atoms with Crippen LogP contribution in [-0.2, 0) is 27.0 Å². The maximum absolute atomic E-state index is 13.6. The monoisotopic (exact) mass is 611 g/mol. The summed E-state index contributed by atoms with van der Waals surface area (Å²) in [5.74, 6) is -0.835. The Hall–Kier alpha value is -4.90. The molecule has 1 N–H and O–H groups in total. The number of anilines is 2. The van der Waals surface area contributed by atoms with Gasteiger partial charge in [0, 0.05) is 38.4 Å². The summed E-state index contributed by atoms with van der Waals surface area (Å²) in [6.45, 7) is 2.38. The minimum absolute atomic E-state index is 0.00565. The molecule has 1 aliphatic rings. The predicted molar refractivity (Wildman–Crippen MR) is 155 cm³/mol. The number of carbonyl (C=O) groups is 2. The largest absolute Gasteiger partial charge is 0.466 e. The number of nitrogens with zero attached hydrogens (tertiary/aromatic N) is 6. The van der Waals surface area contributed by atoms with Gasteiger partial charge in [-0.2, -0.15) is 18.4 Å². The molecule has 0 radical (unpaired) electrons. The van der Waals surface area contributed by atoms with Crippen LogP contribution in [0.1, 0.15) is 48.1 Å². The molecule has 4 rings (SSSR count). The van der Waals surface area contributed by atoms with Crippen LogP contribution in [0.2, 0.25) is 0 Å². The van der Waals surface area contributed by atoms with Crippen LogP contribution >= 0.6 is 0 Å². The highest BCUT2D eigenvalue weighted by Crippen LogP contribution is 2.43. The number of hydrogen-bond acceptors (Lipinski definition) is 8. The van der Waals surface area contributed by atoms with Gasteiger partial charge in [0.1, 0.15) is 6.04 Å². The molecule has 44 heavy (non-hydrogen) atoms. The number of alkyl halides is 3. The summed E-state index contributed by atoms with van der Waals surface area (Å²) >= 11 is 0. The molecule has 0 spiro atoms. The molecule has 0 unspecified atom stereocenters. The van der Waals surface area contributed by atoms with E-state index in [1.807, 2.05) is 11.9 Å². The molecule has 0 fully saturated rings. The van der Waals surface area contributed by atoms with Crippen molar-refractivity contribution in [2.45, 2.75) is 38.5 Å². The Labute approximate surface area is 251 Å². The molecule has 0 saturated heterocycles. The average molecular weight is 612 g/mol. The van der Waals surface area contributed by atoms with E-state index < -0.39 is 29.4 Å². The molecule has 11 nitrogen and oxygen atoms in total. The number of allylic oxidation sites excluding steroid dienone is 1. The number of aromatic nitrogens is 3. The minimum atomic E-state index is -4.63. The lowest BCUT2D eigenvalue weighted by atomic mass is 9.90. The van der Waals surface area contributed by atoms with Crippen molar-refractivity contribution in [2.24, 2.45) is 0 Å². The van der Waals surface area contributed by atoms with Gasteiger partial charge < -0.3 is 14.5 Å². The van der Waals surface area contributed by atoms with Crippen molar-refractivity contribution in [2.75, 3.05) is 39.7 Å². The van der Waals surface area contributed by atoms with E-state index in [4.69, 9.17) is 4.74 Å². The fourth-order valence-electron chi connectivity index (χ4n) is 5.25. The first-order valence-electron chi connectivity index (χ1n) is 13.6. The molecule has 14 heteroatoms. The molecule has 1 amide bonds. The number of H-pyrrole nitrogens is 1. The lowest BCUT2D eigenvalue weighted by molar-refractivity contribution is -0.138. The Balaban J connectivity index is 1.86. The zero-order chi connectivity index (χ0) is 32.3. The number of esters is 1. The van der Waals surface area contributed by atoms with Gasteiger partial charge in [-0.3, -0.25) is 9.69 Å². The fraction of sp³-hybridized carbons (Fsp3) is 0.367. The van der Waals surface area contributed by atoms with E-state index in [1.165, 1.54) is 33.6 Å². The predicted octanol–water partition coefficient (Wildman–Crippen LogP) is 3.95. The Morgan fingerprint density at radius 1 is 1.16 bits per heavy atom. The number of hydrogen-bond donors (Lipinski definition) is 1. The highest BCUT2D eigenvalue weighted by atomic mass is 19.4. The molecule has 2 heterocycles. The normalized spacial score (nSPS) is 14.8. The van der Waals surface area contributed by atoms with Crippen LogP contribution in [0.25, 0.3) is 0 Å². The summed E-state index contributed by atoms with van der Waals surface area (Å²) in [5.41, 5.74) is 0.0839. The summed E-state index contributed by atoms with van der Waals surface area (Å²) in [6, 6.07) is 10.4. The van der Waals surface area contributed by atoms with Crippen molar-refractivity contribution in [1.82, 2.24) is 24.6 Å². The quantitative estimate of drug-likeness (QED) is 0.361. The number of aromatic amines is 1. The van der Waals surface area contributed by atoms with Crippen molar-refractivity contribution in [3.63, 3.8) is 0 Å². The third-order valence-electron chi connectivity index (χ3n) is 7.42. The number of rotatable bonds is 9. The van der Waals surface area contributed by atoms with Crippen LogP contribution in [0.4, 0.5) is 24.8 Å². The third kappa shape index (κ3) is 6.37. The van der Waals surface area contributed by atoms with Crippen LogP contribution in [0.15, 0.2) is 58.5 Å². The fourth-order valence-corrected chi connectivity index (χ4v) is 5.25. The van der Waals surface area contributed by atoms with E-state index in [9.17, 15) is 32.8 Å². The molecule has 0 aliphatic carbocycles. The summed E-state index contributed by atoms with van der Waals surface area (Å²) in [6.07, 6.45) is -3.71. The van der Waals surface area contributed by atoms with Crippen molar-refractivity contribution >= 4 is 23.5 Å². The minimum Gasteiger partial charge on any atom is -0.466 e. The number of halogens is 3. The first-order chi connectivity index (χ1) is 20.8. The zero-order valence-electron chi connectivity index (χ0n) is 24.9. The summed E-state index contributed by atoms with van der Waals surface area (Å²) in [4.78, 5) is 43.5. The van der Waals surface area contributed by atoms with Gasteiger partial charge >= 0.3 is 17.8 Å². The Kier molecular flexibility index (Phi) is 9.29. The third-order valence-corrected chi connectivity index (χ3v) is 7.42. The number of nitrogens with one attached hydrogen (secondary N) is 1. The molecular weight excluding hydrogens is 579 g/mol. The molecule has 1 aromatic heterocycles. The topological polar surface area (TPSA) is 128 Å². The van der Waals surface area contributed by atoms with Crippen molar-refractivity contribution < 1.29 is 27.5 Å². The second-order valence-electron chi connectivity index (χ2n) is 10.6. The van der Waals surface area contributed by atoms with Crippen molar-refractivity contribution in [3.8, 4) is 6.07 Å². The summed E-state index contributed by atoms with van der Waals surface area (Å²) < 4.78 is 47.1. The van der Waals surface area contributed by atoms with Gasteiger partial charge in [0.2, 0.25) is 11.9 Å². The number of methoxy groups -OCH3 is 1. The highest BCUT2D eigenvalue weighted by molar-refractivity contribution is 5.93. The SMILES string of the molecule is COC(=O)C1=C(C)N(c2cccc(C(F)(F)F)c2)c2n[nH]c(=O)n2[C@@H]1c1ccc(C#N)cc1CN(C)CCCC(=O)N(C)C. The number of amides is 1. The smallest absolute Gasteiger partial charge is 0.416 e. The number of benzene rings is 2. The Bertz CT molecular complexity index is 1700. The molecule has 1 aliphatic heterocycles. The van der Waals surface area contributed by atoms with Gasteiger partial charge in [-0.15, -0.1) is 5.10 Å². The van der Waals surface area contributed by atoms with Crippen LogP contribution in [0.3, 0.4) is 0 Å². The molecule has 232 valence electrons. The van der Waals surface area contributed by atoms with Crippen molar-refractivity contribution in [3.05, 3.63) is 86.5 Å². The molecule has 2 aromatic carbocycles. The highest BCUT2D eigenvalue weighted by Gasteiger charge is 2.41. The second-order valence-corrected chi connectivity index (χ2v) is 10.6. The number of carbonyl (C=O) groups excluding carboxylic acids is 2. The van der Waals surface area contributed by atoms with Gasteiger partial charge in [-0.1, -0.05) is 12.1 Å². The standard InChI is InChI=1S/C30H32F3N7O4/c1-18-25(27(42)44-5)26(23-12-11-19(16-34)14-20(23)17-38(4)13-7-10-24(41)37(2)3)40-28(35-36-29(40)43)39(18)22-9-6-8-21(15-22)30(31,32)33/h6,8-9,11-12,14-15,26H,7,10,13,17H2,1-5H3,(H,36,43)/t26-/m1/s1. The van der Waals surface area contributed by atoms with E-state index in [-0.39, 0.29) is 28.8 Å². The van der Waals surface area contributed by atoms with Gasteiger partial charge in [-0.05, 0) is 68.4 Å². The maximum Gasteiger partial charge on any atom is 0.416 e. The first kappa shape index (κ1) is 32.0. The zero-order valence-corrected chi connectivity index (χ0v) is 24.9. The number of fused-ring (bicyclic) bond motifs is 1. The molecule has 3 aromatic rings. The van der Waals surface area contributed by atoms with Crippen LogP contribution in [0.5, 0.6) is 0 Å². The lowest BCUT2D eigenvalue weighted by Gasteiger charge is -2.36. The van der Waals surface area contributed by atoms with E-state index in [2.05, 4.69) is 16.3 Å². The average Bonchev–Trinajstić information content (AvgIpc) is 3.36. The number of nitriles is 1. The molecule has 0 bridgehead atoms. The van der Waals surface area contributed by atoms with Crippen LogP contribution < -0.4 is 10.6 Å². The van der Waals surface area contributed by atoms with Gasteiger partial charge in [0.05, 0.1) is 29.9 Å². The summed E-state index contributed by atoms with van der Waals surface area (Å²) in [5, 5.41) is 16.1. The maximum atomic E-state index is 13.6. The van der Waals surface area contributed by atoms with Gasteiger partial charge in [0.25, 0.3) is 0 Å². The van der Waals surface area contributed by atoms with Gasteiger partial charge in [0.15, 0.2) is 0 Å². The molecule has 1 atom stereocenters. The van der Waals surface area contributed by atoms with E-state index in [0.717, 1.165) is 12.1 Å². The summed E-state index contributed by atoms with van der Waals surface area (Å²) in [7, 11) is 6.39. The van der Waals surface area contributed by atoms with Crippen LogP contribution in [-0.4, -0.2) is 71.2 Å². The molecule has 0 saturated carbocycles. The Morgan fingerprint density at radius 3 is 2.52 bits per heavy atom. The second kappa shape index (κ2) is 12.8. The van der Waals surface area contributed by atoms with Crippen LogP contribution in [0, 0.1) is 11.3 Å². The first-order valence-corrected chi connectivity index (χ1v) is 13.6.